The highest BCUT2D eigenvalue weighted by Gasteiger charge is 2.31. The lowest BCUT2D eigenvalue weighted by Crippen LogP contribution is -2.40. The minimum absolute atomic E-state index is 0.177. The molecule has 0 bridgehead atoms. The fourth-order valence-corrected chi connectivity index (χ4v) is 3.64. The van der Waals surface area contributed by atoms with E-state index in [-0.39, 0.29) is 17.5 Å². The van der Waals surface area contributed by atoms with E-state index in [0.29, 0.717) is 6.54 Å². The summed E-state index contributed by atoms with van der Waals surface area (Å²) in [4.78, 5) is 0. The molecule has 92 valence electrons. The first-order valence-corrected chi connectivity index (χ1v) is 6.87. The van der Waals surface area contributed by atoms with E-state index in [2.05, 4.69) is 11.2 Å². The Morgan fingerprint density at radius 3 is 2.94 bits per heavy atom. The third kappa shape index (κ3) is 2.18. The fourth-order valence-electron chi connectivity index (χ4n) is 2.01. The maximum Gasteiger partial charge on any atom is 0.260 e. The van der Waals surface area contributed by atoms with Crippen LogP contribution in [0.25, 0.3) is 0 Å². The van der Waals surface area contributed by atoms with Gasteiger partial charge in [0.25, 0.3) is 10.0 Å². The van der Waals surface area contributed by atoms with E-state index in [0.717, 1.165) is 12.8 Å². The van der Waals surface area contributed by atoms with Crippen molar-refractivity contribution in [1.82, 2.24) is 14.1 Å². The van der Waals surface area contributed by atoms with Crippen molar-refractivity contribution in [2.45, 2.75) is 17.9 Å². The molecule has 0 aromatic carbocycles. The van der Waals surface area contributed by atoms with Gasteiger partial charge in [0.05, 0.1) is 18.2 Å². The lowest BCUT2D eigenvalue weighted by Gasteiger charge is -2.28. The lowest BCUT2D eigenvalue weighted by molar-refractivity contribution is 0.303. The van der Waals surface area contributed by atoms with Gasteiger partial charge in [0.1, 0.15) is 0 Å². The van der Waals surface area contributed by atoms with E-state index in [9.17, 15) is 8.42 Å². The predicted molar refractivity (Wildman–Crippen MR) is 60.3 cm³/mol. The van der Waals surface area contributed by atoms with Gasteiger partial charge < -0.3 is 0 Å². The van der Waals surface area contributed by atoms with Crippen molar-refractivity contribution in [2.24, 2.45) is 13.0 Å². The zero-order valence-electron chi connectivity index (χ0n) is 9.57. The Bertz CT molecular complexity index is 543. The Hall–Kier alpha value is -1.39. The molecule has 1 aliphatic rings. The summed E-state index contributed by atoms with van der Waals surface area (Å²) in [5.41, 5.74) is 0. The maximum absolute atomic E-state index is 12.3. The standard InChI is InChI=1S/C10H14N4O2S/c1-13-10(4-5-12-13)17(15,16)14-6-2-3-9(7-11)8-14/h4-5,9H,2-3,6,8H2,1H3. The largest absolute Gasteiger partial charge is 0.260 e. The van der Waals surface area contributed by atoms with Gasteiger partial charge in [-0.05, 0) is 18.9 Å². The first-order chi connectivity index (χ1) is 8.05. The number of nitrogens with zero attached hydrogens (tertiary/aromatic N) is 4. The van der Waals surface area contributed by atoms with Crippen LogP contribution in [-0.4, -0.2) is 35.6 Å². The summed E-state index contributed by atoms with van der Waals surface area (Å²) in [6, 6.07) is 3.61. The van der Waals surface area contributed by atoms with Crippen molar-refractivity contribution < 1.29 is 8.42 Å². The summed E-state index contributed by atoms with van der Waals surface area (Å²) < 4.78 is 27.3. The molecule has 1 fully saturated rings. The molecular weight excluding hydrogens is 240 g/mol. The Morgan fingerprint density at radius 1 is 1.59 bits per heavy atom. The van der Waals surface area contributed by atoms with Gasteiger partial charge in [-0.2, -0.15) is 14.7 Å². The lowest BCUT2D eigenvalue weighted by atomic mass is 10.0. The highest BCUT2D eigenvalue weighted by molar-refractivity contribution is 7.89. The molecule has 0 saturated carbocycles. The summed E-state index contributed by atoms with van der Waals surface area (Å²) in [7, 11) is -1.91. The number of sulfonamides is 1. The molecule has 1 atom stereocenters. The van der Waals surface area contributed by atoms with Crippen LogP contribution in [0.1, 0.15) is 12.8 Å². The molecule has 0 spiro atoms. The van der Waals surface area contributed by atoms with E-state index >= 15 is 0 Å². The van der Waals surface area contributed by atoms with E-state index in [1.807, 2.05) is 0 Å². The molecule has 1 aromatic heterocycles. The van der Waals surface area contributed by atoms with Crippen molar-refractivity contribution in [3.63, 3.8) is 0 Å². The predicted octanol–water partition coefficient (Wildman–Crippen LogP) is 0.344. The monoisotopic (exact) mass is 254 g/mol. The van der Waals surface area contributed by atoms with Gasteiger partial charge in [-0.15, -0.1) is 0 Å². The van der Waals surface area contributed by atoms with Gasteiger partial charge in [0, 0.05) is 20.1 Å². The number of nitriles is 1. The van der Waals surface area contributed by atoms with Crippen molar-refractivity contribution >= 4 is 10.0 Å². The second-order valence-electron chi connectivity index (χ2n) is 4.12. The van der Waals surface area contributed by atoms with Crippen molar-refractivity contribution in [1.29, 1.82) is 5.26 Å². The Balaban J connectivity index is 2.28. The second-order valence-corrected chi connectivity index (χ2v) is 6.01. The van der Waals surface area contributed by atoms with Crippen molar-refractivity contribution in [2.75, 3.05) is 13.1 Å². The summed E-state index contributed by atoms with van der Waals surface area (Å²) in [5.74, 6) is -0.202. The number of aromatic nitrogens is 2. The first kappa shape index (κ1) is 12.1. The van der Waals surface area contributed by atoms with E-state index in [1.54, 1.807) is 7.05 Å². The zero-order chi connectivity index (χ0) is 12.5. The van der Waals surface area contributed by atoms with Crippen molar-refractivity contribution in [3.05, 3.63) is 12.3 Å². The van der Waals surface area contributed by atoms with Gasteiger partial charge in [-0.25, -0.2) is 8.42 Å². The maximum atomic E-state index is 12.3. The summed E-state index contributed by atoms with van der Waals surface area (Å²) in [5, 5.41) is 12.9. The van der Waals surface area contributed by atoms with Crippen LogP contribution in [0, 0.1) is 17.2 Å². The number of rotatable bonds is 2. The average Bonchev–Trinajstić information content (AvgIpc) is 2.76. The smallest absolute Gasteiger partial charge is 0.256 e. The molecule has 6 nitrogen and oxygen atoms in total. The molecular formula is C10H14N4O2S. The number of piperidine rings is 1. The number of hydrogen-bond acceptors (Lipinski definition) is 4. The van der Waals surface area contributed by atoms with Gasteiger partial charge in [-0.3, -0.25) is 4.68 Å². The molecule has 0 N–H and O–H groups in total. The normalized spacial score (nSPS) is 22.2. The quantitative estimate of drug-likeness (QED) is 0.762. The summed E-state index contributed by atoms with van der Waals surface area (Å²) in [6.07, 6.45) is 2.96. The molecule has 1 aromatic rings. The average molecular weight is 254 g/mol. The molecule has 0 amide bonds. The second kappa shape index (κ2) is 4.47. The number of aryl methyl sites for hydroxylation is 1. The summed E-state index contributed by atoms with van der Waals surface area (Å²) in [6.45, 7) is 0.760. The van der Waals surface area contributed by atoms with Gasteiger partial charge in [0.15, 0.2) is 5.03 Å². The Labute approximate surface area is 101 Å². The van der Waals surface area contributed by atoms with Crippen LogP contribution in [-0.2, 0) is 17.1 Å². The molecule has 1 saturated heterocycles. The zero-order valence-corrected chi connectivity index (χ0v) is 10.4. The van der Waals surface area contributed by atoms with Crippen LogP contribution >= 0.6 is 0 Å². The highest BCUT2D eigenvalue weighted by Crippen LogP contribution is 2.22. The van der Waals surface area contributed by atoms with Gasteiger partial charge >= 0.3 is 0 Å². The molecule has 17 heavy (non-hydrogen) atoms. The van der Waals surface area contributed by atoms with Crippen LogP contribution in [0.3, 0.4) is 0 Å². The summed E-state index contributed by atoms with van der Waals surface area (Å²) >= 11 is 0. The first-order valence-electron chi connectivity index (χ1n) is 5.43. The Kier molecular flexibility index (Phi) is 3.17. The number of hydrogen-bond donors (Lipinski definition) is 0. The molecule has 1 aliphatic heterocycles. The van der Waals surface area contributed by atoms with Crippen LogP contribution in [0.15, 0.2) is 17.3 Å². The third-order valence-electron chi connectivity index (χ3n) is 2.95. The molecule has 2 rings (SSSR count). The van der Waals surface area contributed by atoms with E-state index < -0.39 is 10.0 Å². The Morgan fingerprint density at radius 2 is 2.35 bits per heavy atom. The minimum atomic E-state index is -3.51. The molecule has 0 aliphatic carbocycles. The molecule has 7 heteroatoms. The van der Waals surface area contributed by atoms with E-state index in [4.69, 9.17) is 5.26 Å². The third-order valence-corrected chi connectivity index (χ3v) is 4.89. The molecule has 1 unspecified atom stereocenters. The van der Waals surface area contributed by atoms with Crippen LogP contribution < -0.4 is 0 Å². The topological polar surface area (TPSA) is 79.0 Å². The van der Waals surface area contributed by atoms with Crippen LogP contribution in [0.4, 0.5) is 0 Å². The van der Waals surface area contributed by atoms with Gasteiger partial charge in [-0.1, -0.05) is 0 Å². The SMILES string of the molecule is Cn1nccc1S(=O)(=O)N1CCCC(C#N)C1. The molecule has 0 radical (unpaired) electrons. The minimum Gasteiger partial charge on any atom is -0.256 e. The van der Waals surface area contributed by atoms with Crippen LogP contribution in [0.5, 0.6) is 0 Å². The fraction of sp³-hybridized carbons (Fsp3) is 0.600. The molecule has 2 heterocycles. The van der Waals surface area contributed by atoms with Gasteiger partial charge in [0.2, 0.25) is 0 Å². The van der Waals surface area contributed by atoms with Crippen molar-refractivity contribution in [3.8, 4) is 6.07 Å². The highest BCUT2D eigenvalue weighted by atomic mass is 32.2. The van der Waals surface area contributed by atoms with Crippen LogP contribution in [0.2, 0.25) is 0 Å². The van der Waals surface area contributed by atoms with E-state index in [1.165, 1.54) is 21.3 Å².